The Balaban J connectivity index is 3.37. The van der Waals surface area contributed by atoms with Crippen molar-refractivity contribution in [3.8, 4) is 0 Å². The molecule has 0 aliphatic carbocycles. The molecule has 0 saturated heterocycles. The lowest BCUT2D eigenvalue weighted by atomic mass is 10.3. The van der Waals surface area contributed by atoms with E-state index in [4.69, 9.17) is 0 Å². The summed E-state index contributed by atoms with van der Waals surface area (Å²) in [7, 11) is 1.79. The summed E-state index contributed by atoms with van der Waals surface area (Å²) in [5.41, 5.74) is 0. The third-order valence-corrected chi connectivity index (χ3v) is 1.39. The van der Waals surface area contributed by atoms with Crippen LogP contribution < -0.4 is 10.6 Å². The van der Waals surface area contributed by atoms with Gasteiger partial charge in [0.25, 0.3) is 0 Å². The van der Waals surface area contributed by atoms with E-state index in [1.54, 1.807) is 7.05 Å². The fourth-order valence-electron chi connectivity index (χ4n) is 0.772. The number of unbranched alkanes of at least 4 members (excludes halogenated alkanes) is 1. The van der Waals surface area contributed by atoms with E-state index in [2.05, 4.69) is 29.5 Å². The summed E-state index contributed by atoms with van der Waals surface area (Å²) in [4.78, 5) is 4.04. The van der Waals surface area contributed by atoms with Crippen molar-refractivity contribution in [1.82, 2.24) is 10.6 Å². The van der Waals surface area contributed by atoms with E-state index in [0.717, 1.165) is 19.0 Å². The lowest BCUT2D eigenvalue weighted by Crippen LogP contribution is -2.37. The summed E-state index contributed by atoms with van der Waals surface area (Å²) in [6.07, 6.45) is 2.42. The van der Waals surface area contributed by atoms with Crippen LogP contribution in [-0.2, 0) is 0 Å². The van der Waals surface area contributed by atoms with E-state index in [9.17, 15) is 0 Å². The molecular formula is C8H19N3. The average Bonchev–Trinajstić information content (AvgIpc) is 2.03. The number of guanidine groups is 1. The second kappa shape index (κ2) is 7.38. The molecule has 66 valence electrons. The topological polar surface area (TPSA) is 36.4 Å². The van der Waals surface area contributed by atoms with Gasteiger partial charge in [-0.15, -0.1) is 0 Å². The average molecular weight is 157 g/mol. The molecule has 0 amide bonds. The van der Waals surface area contributed by atoms with Crippen LogP contribution in [0, 0.1) is 0 Å². The van der Waals surface area contributed by atoms with E-state index in [1.165, 1.54) is 12.8 Å². The van der Waals surface area contributed by atoms with Crippen LogP contribution in [-0.4, -0.2) is 26.1 Å². The first-order valence-corrected chi connectivity index (χ1v) is 4.29. The minimum absolute atomic E-state index is 0.904. The van der Waals surface area contributed by atoms with Gasteiger partial charge < -0.3 is 10.6 Å². The van der Waals surface area contributed by atoms with Gasteiger partial charge >= 0.3 is 0 Å². The van der Waals surface area contributed by atoms with Gasteiger partial charge in [0.2, 0.25) is 0 Å². The summed E-state index contributed by atoms with van der Waals surface area (Å²) < 4.78 is 0. The largest absolute Gasteiger partial charge is 0.357 e. The summed E-state index contributed by atoms with van der Waals surface area (Å²) in [6, 6.07) is 0. The van der Waals surface area contributed by atoms with Crippen molar-refractivity contribution in [3.05, 3.63) is 0 Å². The van der Waals surface area contributed by atoms with Gasteiger partial charge in [0.1, 0.15) is 0 Å². The fourth-order valence-corrected chi connectivity index (χ4v) is 0.772. The van der Waals surface area contributed by atoms with Gasteiger partial charge in [-0.3, -0.25) is 4.99 Å². The van der Waals surface area contributed by atoms with Crippen LogP contribution in [0.15, 0.2) is 4.99 Å². The molecule has 3 nitrogen and oxygen atoms in total. The molecular weight excluding hydrogens is 138 g/mol. The molecule has 0 aromatic carbocycles. The predicted octanol–water partition coefficient (Wildman–Crippen LogP) is 0.971. The van der Waals surface area contributed by atoms with E-state index in [0.29, 0.717) is 0 Å². The first-order chi connectivity index (χ1) is 5.35. The number of hydrogen-bond donors (Lipinski definition) is 2. The van der Waals surface area contributed by atoms with Crippen molar-refractivity contribution < 1.29 is 0 Å². The predicted molar refractivity (Wildman–Crippen MR) is 49.9 cm³/mol. The molecule has 0 saturated carbocycles. The Labute approximate surface area is 69.3 Å². The Morgan fingerprint density at radius 2 is 2.00 bits per heavy atom. The molecule has 0 rings (SSSR count). The number of aliphatic imine (C=N–C) groups is 1. The number of nitrogens with one attached hydrogen (secondary N) is 2. The molecule has 2 N–H and O–H groups in total. The minimum Gasteiger partial charge on any atom is -0.357 e. The molecule has 0 aliphatic heterocycles. The fraction of sp³-hybridized carbons (Fsp3) is 0.875. The van der Waals surface area contributed by atoms with Crippen molar-refractivity contribution in [1.29, 1.82) is 0 Å². The van der Waals surface area contributed by atoms with Crippen molar-refractivity contribution in [2.45, 2.75) is 26.7 Å². The highest BCUT2D eigenvalue weighted by Crippen LogP contribution is 1.81. The molecule has 0 aromatic rings. The molecule has 11 heavy (non-hydrogen) atoms. The minimum atomic E-state index is 0.904. The van der Waals surface area contributed by atoms with Crippen molar-refractivity contribution in [2.75, 3.05) is 20.1 Å². The van der Waals surface area contributed by atoms with Crippen LogP contribution in [0.4, 0.5) is 0 Å². The Hall–Kier alpha value is -0.730. The Morgan fingerprint density at radius 1 is 1.27 bits per heavy atom. The number of hydrogen-bond acceptors (Lipinski definition) is 1. The van der Waals surface area contributed by atoms with E-state index in [-0.39, 0.29) is 0 Å². The maximum absolute atomic E-state index is 4.04. The molecule has 0 aromatic heterocycles. The zero-order valence-corrected chi connectivity index (χ0v) is 7.78. The Morgan fingerprint density at radius 3 is 2.45 bits per heavy atom. The van der Waals surface area contributed by atoms with Crippen molar-refractivity contribution in [2.24, 2.45) is 4.99 Å². The van der Waals surface area contributed by atoms with E-state index in [1.807, 2.05) is 0 Å². The second-order valence-electron chi connectivity index (χ2n) is 2.38. The van der Waals surface area contributed by atoms with Gasteiger partial charge in [-0.05, 0) is 13.3 Å². The van der Waals surface area contributed by atoms with Crippen LogP contribution >= 0.6 is 0 Å². The van der Waals surface area contributed by atoms with Crippen LogP contribution in [0.3, 0.4) is 0 Å². The van der Waals surface area contributed by atoms with E-state index < -0.39 is 0 Å². The summed E-state index contributed by atoms with van der Waals surface area (Å²) in [5, 5.41) is 6.34. The lowest BCUT2D eigenvalue weighted by molar-refractivity contribution is 0.734. The highest BCUT2D eigenvalue weighted by atomic mass is 15.2. The third kappa shape index (κ3) is 5.70. The highest BCUT2D eigenvalue weighted by Gasteiger charge is 1.91. The molecule has 0 atom stereocenters. The summed E-state index contributed by atoms with van der Waals surface area (Å²) in [5.74, 6) is 0.904. The Kier molecular flexibility index (Phi) is 6.89. The zero-order valence-electron chi connectivity index (χ0n) is 7.78. The van der Waals surface area contributed by atoms with Gasteiger partial charge in [0.05, 0.1) is 0 Å². The van der Waals surface area contributed by atoms with Gasteiger partial charge in [0, 0.05) is 20.1 Å². The Bertz CT molecular complexity index is 110. The smallest absolute Gasteiger partial charge is 0.190 e. The lowest BCUT2D eigenvalue weighted by Gasteiger charge is -2.08. The number of nitrogens with zero attached hydrogens (tertiary/aromatic N) is 1. The molecule has 0 heterocycles. The molecule has 0 radical (unpaired) electrons. The third-order valence-electron chi connectivity index (χ3n) is 1.39. The van der Waals surface area contributed by atoms with E-state index >= 15 is 0 Å². The normalized spacial score (nSPS) is 11.4. The summed E-state index contributed by atoms with van der Waals surface area (Å²) in [6.45, 7) is 6.17. The van der Waals surface area contributed by atoms with Crippen LogP contribution in [0.1, 0.15) is 26.7 Å². The maximum Gasteiger partial charge on any atom is 0.190 e. The SMILES string of the molecule is CCCCNC(=NC)NCC. The van der Waals surface area contributed by atoms with Gasteiger partial charge in [-0.2, -0.15) is 0 Å². The van der Waals surface area contributed by atoms with Crippen molar-refractivity contribution >= 4 is 5.96 Å². The molecule has 0 unspecified atom stereocenters. The van der Waals surface area contributed by atoms with Gasteiger partial charge in [-0.25, -0.2) is 0 Å². The molecule has 0 aliphatic rings. The van der Waals surface area contributed by atoms with Crippen LogP contribution in [0.5, 0.6) is 0 Å². The molecule has 0 spiro atoms. The van der Waals surface area contributed by atoms with Crippen LogP contribution in [0.2, 0.25) is 0 Å². The van der Waals surface area contributed by atoms with Gasteiger partial charge in [-0.1, -0.05) is 13.3 Å². The van der Waals surface area contributed by atoms with Gasteiger partial charge in [0.15, 0.2) is 5.96 Å². The van der Waals surface area contributed by atoms with Crippen molar-refractivity contribution in [3.63, 3.8) is 0 Å². The zero-order chi connectivity index (χ0) is 8.53. The first kappa shape index (κ1) is 10.3. The second-order valence-corrected chi connectivity index (χ2v) is 2.38. The van der Waals surface area contributed by atoms with Crippen LogP contribution in [0.25, 0.3) is 0 Å². The standard InChI is InChI=1S/C8H19N3/c1-4-6-7-11-8(9-3)10-5-2/h4-7H2,1-3H3,(H2,9,10,11). The molecule has 0 fully saturated rings. The maximum atomic E-state index is 4.04. The number of rotatable bonds is 4. The highest BCUT2D eigenvalue weighted by molar-refractivity contribution is 5.79. The summed E-state index contributed by atoms with van der Waals surface area (Å²) >= 11 is 0. The monoisotopic (exact) mass is 157 g/mol. The molecule has 0 bridgehead atoms. The first-order valence-electron chi connectivity index (χ1n) is 4.29. The quantitative estimate of drug-likeness (QED) is 0.362. The molecule has 3 heteroatoms.